The largest absolute Gasteiger partial charge is 0.481 e. The number of hydrogen-bond donors (Lipinski definition) is 1. The summed E-state index contributed by atoms with van der Waals surface area (Å²) in [5, 5.41) is 8.66. The molecule has 0 amide bonds. The summed E-state index contributed by atoms with van der Waals surface area (Å²) in [7, 11) is 3.73. The van der Waals surface area contributed by atoms with Crippen LogP contribution in [0, 0.1) is 5.41 Å². The van der Waals surface area contributed by atoms with E-state index in [1.807, 2.05) is 19.0 Å². The number of carbonyl (C=O) groups is 1. The lowest BCUT2D eigenvalue weighted by molar-refractivity contribution is -0.147. The first kappa shape index (κ1) is 13.3. The lowest BCUT2D eigenvalue weighted by Gasteiger charge is -2.22. The summed E-state index contributed by atoms with van der Waals surface area (Å²) >= 11 is 0. The fourth-order valence-corrected chi connectivity index (χ4v) is 0.858. The Hall–Kier alpha value is -0.280. The van der Waals surface area contributed by atoms with Crippen molar-refractivity contribution in [3.8, 4) is 0 Å². The van der Waals surface area contributed by atoms with Gasteiger partial charge in [0.25, 0.3) is 0 Å². The molecule has 11 heavy (non-hydrogen) atoms. The molecule has 0 radical (unpaired) electrons. The number of carboxylic acid groups (broad SMARTS) is 1. The number of hydrogen-bond acceptors (Lipinski definition) is 2. The second kappa shape index (κ2) is 4.57. The topological polar surface area (TPSA) is 40.5 Å². The van der Waals surface area contributed by atoms with Crippen molar-refractivity contribution in [3.63, 3.8) is 0 Å². The van der Waals surface area contributed by atoms with Gasteiger partial charge in [-0.2, -0.15) is 0 Å². The van der Waals surface area contributed by atoms with E-state index in [4.69, 9.17) is 5.11 Å². The highest BCUT2D eigenvalue weighted by molar-refractivity contribution is 5.85. The minimum Gasteiger partial charge on any atom is -0.481 e. The van der Waals surface area contributed by atoms with Crippen LogP contribution in [0.5, 0.6) is 0 Å². The Balaban J connectivity index is 0. The van der Waals surface area contributed by atoms with E-state index in [1.165, 1.54) is 0 Å². The third kappa shape index (κ3) is 5.04. The molecule has 3 nitrogen and oxygen atoms in total. The van der Waals surface area contributed by atoms with Gasteiger partial charge in [0, 0.05) is 6.54 Å². The maximum Gasteiger partial charge on any atom is 0.310 e. The van der Waals surface area contributed by atoms with Crippen LogP contribution in [0.1, 0.15) is 13.8 Å². The van der Waals surface area contributed by atoms with Crippen LogP contribution >= 0.6 is 12.4 Å². The second-order valence-electron chi connectivity index (χ2n) is 3.43. The van der Waals surface area contributed by atoms with Gasteiger partial charge in [0.05, 0.1) is 5.41 Å². The van der Waals surface area contributed by atoms with E-state index in [9.17, 15) is 4.79 Å². The van der Waals surface area contributed by atoms with Crippen LogP contribution in [-0.2, 0) is 4.79 Å². The average Bonchev–Trinajstić information content (AvgIpc) is 1.60. The summed E-state index contributed by atoms with van der Waals surface area (Å²) in [6.07, 6.45) is 0. The van der Waals surface area contributed by atoms with Crippen molar-refractivity contribution in [3.05, 3.63) is 0 Å². The van der Waals surface area contributed by atoms with E-state index < -0.39 is 11.4 Å². The molecule has 0 aromatic rings. The number of rotatable bonds is 3. The molecule has 0 aliphatic heterocycles. The van der Waals surface area contributed by atoms with E-state index in [0.717, 1.165) is 0 Å². The number of nitrogens with zero attached hydrogens (tertiary/aromatic N) is 1. The van der Waals surface area contributed by atoms with Gasteiger partial charge in [0.1, 0.15) is 0 Å². The Bertz CT molecular complexity index is 134. The first-order valence-electron chi connectivity index (χ1n) is 3.24. The SMILES string of the molecule is CN(C)CC(C)(C)C(=O)O.Cl. The highest BCUT2D eigenvalue weighted by Gasteiger charge is 2.27. The second-order valence-corrected chi connectivity index (χ2v) is 3.43. The van der Waals surface area contributed by atoms with Crippen LogP contribution in [0.25, 0.3) is 0 Å². The lowest BCUT2D eigenvalue weighted by Crippen LogP contribution is -2.35. The molecule has 0 spiro atoms. The van der Waals surface area contributed by atoms with Crippen molar-refractivity contribution in [1.82, 2.24) is 4.90 Å². The van der Waals surface area contributed by atoms with Crippen LogP contribution in [0.4, 0.5) is 0 Å². The fourth-order valence-electron chi connectivity index (χ4n) is 0.858. The van der Waals surface area contributed by atoms with Crippen LogP contribution in [0.3, 0.4) is 0 Å². The molecule has 4 heteroatoms. The Kier molecular flexibility index (Phi) is 5.53. The molecule has 0 atom stereocenters. The van der Waals surface area contributed by atoms with E-state index in [2.05, 4.69) is 0 Å². The molecular formula is C7H16ClNO2. The van der Waals surface area contributed by atoms with Gasteiger partial charge in [0.2, 0.25) is 0 Å². The Morgan fingerprint density at radius 1 is 1.45 bits per heavy atom. The molecule has 0 heterocycles. The van der Waals surface area contributed by atoms with Crippen molar-refractivity contribution >= 4 is 18.4 Å². The quantitative estimate of drug-likeness (QED) is 0.709. The van der Waals surface area contributed by atoms with Gasteiger partial charge in [-0.3, -0.25) is 4.79 Å². The molecule has 68 valence electrons. The molecule has 0 rings (SSSR count). The third-order valence-corrected chi connectivity index (χ3v) is 1.29. The van der Waals surface area contributed by atoms with E-state index in [-0.39, 0.29) is 12.4 Å². The van der Waals surface area contributed by atoms with Crippen molar-refractivity contribution in [2.24, 2.45) is 5.41 Å². The summed E-state index contributed by atoms with van der Waals surface area (Å²) in [6.45, 7) is 4.01. The number of aliphatic carboxylic acids is 1. The summed E-state index contributed by atoms with van der Waals surface area (Å²) in [4.78, 5) is 12.4. The smallest absolute Gasteiger partial charge is 0.310 e. The molecule has 0 unspecified atom stereocenters. The summed E-state index contributed by atoms with van der Waals surface area (Å²) in [5.41, 5.74) is -0.635. The molecule has 0 bridgehead atoms. The summed E-state index contributed by atoms with van der Waals surface area (Å²) in [6, 6.07) is 0. The zero-order chi connectivity index (χ0) is 8.36. The predicted molar refractivity (Wildman–Crippen MR) is 47.2 cm³/mol. The Morgan fingerprint density at radius 3 is 1.91 bits per heavy atom. The molecule has 0 aromatic heterocycles. The fraction of sp³-hybridized carbons (Fsp3) is 0.857. The maximum absolute atomic E-state index is 10.5. The molecule has 0 saturated carbocycles. The highest BCUT2D eigenvalue weighted by atomic mass is 35.5. The predicted octanol–water partition coefficient (Wildman–Crippen LogP) is 1.08. The molecule has 1 N–H and O–H groups in total. The maximum atomic E-state index is 10.5. The van der Waals surface area contributed by atoms with Gasteiger partial charge < -0.3 is 10.0 Å². The number of carboxylic acids is 1. The zero-order valence-electron chi connectivity index (χ0n) is 7.42. The molecular weight excluding hydrogens is 166 g/mol. The zero-order valence-corrected chi connectivity index (χ0v) is 8.23. The van der Waals surface area contributed by atoms with Gasteiger partial charge in [-0.15, -0.1) is 12.4 Å². The molecule has 0 aromatic carbocycles. The Morgan fingerprint density at radius 2 is 1.82 bits per heavy atom. The first-order valence-corrected chi connectivity index (χ1v) is 3.24. The molecule has 0 fully saturated rings. The highest BCUT2D eigenvalue weighted by Crippen LogP contribution is 2.15. The van der Waals surface area contributed by atoms with Gasteiger partial charge in [-0.1, -0.05) is 0 Å². The van der Waals surface area contributed by atoms with Crippen LogP contribution in [-0.4, -0.2) is 36.6 Å². The summed E-state index contributed by atoms with van der Waals surface area (Å²) < 4.78 is 0. The van der Waals surface area contributed by atoms with Crippen molar-refractivity contribution in [2.75, 3.05) is 20.6 Å². The lowest BCUT2D eigenvalue weighted by atomic mass is 9.93. The molecule has 0 aliphatic rings. The van der Waals surface area contributed by atoms with Crippen molar-refractivity contribution in [2.45, 2.75) is 13.8 Å². The van der Waals surface area contributed by atoms with E-state index in [1.54, 1.807) is 13.8 Å². The van der Waals surface area contributed by atoms with E-state index >= 15 is 0 Å². The third-order valence-electron chi connectivity index (χ3n) is 1.29. The first-order chi connectivity index (χ1) is 4.36. The van der Waals surface area contributed by atoms with Crippen molar-refractivity contribution in [1.29, 1.82) is 0 Å². The minimum absolute atomic E-state index is 0. The van der Waals surface area contributed by atoms with Crippen LogP contribution in [0.15, 0.2) is 0 Å². The van der Waals surface area contributed by atoms with Gasteiger partial charge in [-0.25, -0.2) is 0 Å². The number of halogens is 1. The van der Waals surface area contributed by atoms with Gasteiger partial charge in [-0.05, 0) is 27.9 Å². The standard InChI is InChI=1S/C7H15NO2.ClH/c1-7(2,6(9)10)5-8(3)4;/h5H2,1-4H3,(H,9,10);1H. The van der Waals surface area contributed by atoms with Crippen LogP contribution < -0.4 is 0 Å². The summed E-state index contributed by atoms with van der Waals surface area (Å²) in [5.74, 6) is -0.749. The van der Waals surface area contributed by atoms with E-state index in [0.29, 0.717) is 6.54 Å². The van der Waals surface area contributed by atoms with Gasteiger partial charge >= 0.3 is 5.97 Å². The Labute approximate surface area is 73.8 Å². The normalized spacial score (nSPS) is 11.0. The van der Waals surface area contributed by atoms with Gasteiger partial charge in [0.15, 0.2) is 0 Å². The molecule has 0 saturated heterocycles. The average molecular weight is 182 g/mol. The minimum atomic E-state index is -0.749. The molecule has 0 aliphatic carbocycles. The van der Waals surface area contributed by atoms with Crippen molar-refractivity contribution < 1.29 is 9.90 Å². The van der Waals surface area contributed by atoms with Crippen LogP contribution in [0.2, 0.25) is 0 Å². The monoisotopic (exact) mass is 181 g/mol.